The molecule has 0 spiro atoms. The Morgan fingerprint density at radius 3 is 2.65 bits per heavy atom. The van der Waals surface area contributed by atoms with E-state index >= 15 is 0 Å². The highest BCUT2D eigenvalue weighted by molar-refractivity contribution is 5.94. The molecular formula is C13H18N2O2. The van der Waals surface area contributed by atoms with Crippen LogP contribution in [0.4, 0.5) is 11.4 Å². The van der Waals surface area contributed by atoms with Crippen LogP contribution in [0.5, 0.6) is 0 Å². The van der Waals surface area contributed by atoms with E-state index in [1.54, 1.807) is 12.1 Å². The van der Waals surface area contributed by atoms with Gasteiger partial charge in [0, 0.05) is 24.5 Å². The highest BCUT2D eigenvalue weighted by Gasteiger charge is 2.20. The Bertz CT molecular complexity index is 425. The van der Waals surface area contributed by atoms with Crippen LogP contribution in [0, 0.1) is 0 Å². The maximum Gasteiger partial charge on any atom is 0.337 e. The van der Waals surface area contributed by atoms with E-state index in [1.807, 2.05) is 13.1 Å². The summed E-state index contributed by atoms with van der Waals surface area (Å²) in [6.45, 7) is 0. The second-order valence-electron chi connectivity index (χ2n) is 4.63. The minimum atomic E-state index is -0.968. The summed E-state index contributed by atoms with van der Waals surface area (Å²) in [5.74, 6) is -0.968. The van der Waals surface area contributed by atoms with Crippen molar-refractivity contribution in [2.24, 2.45) is 0 Å². The molecule has 1 aliphatic carbocycles. The maximum atomic E-state index is 11.0. The summed E-state index contributed by atoms with van der Waals surface area (Å²) in [7, 11) is 2.02. The number of carboxylic acids is 1. The molecule has 0 heterocycles. The molecule has 0 bridgehead atoms. The summed E-state index contributed by atoms with van der Waals surface area (Å²) in [5.41, 5.74) is 7.09. The van der Waals surface area contributed by atoms with Gasteiger partial charge in [-0.05, 0) is 31.0 Å². The van der Waals surface area contributed by atoms with Gasteiger partial charge in [-0.1, -0.05) is 12.8 Å². The lowest BCUT2D eigenvalue weighted by Crippen LogP contribution is -2.28. The van der Waals surface area contributed by atoms with Gasteiger partial charge in [0.15, 0.2) is 0 Å². The predicted molar refractivity (Wildman–Crippen MR) is 68.5 cm³/mol. The van der Waals surface area contributed by atoms with Crippen LogP contribution in [-0.2, 0) is 0 Å². The number of carbonyl (C=O) groups is 1. The van der Waals surface area contributed by atoms with Crippen molar-refractivity contribution >= 4 is 17.3 Å². The molecule has 3 N–H and O–H groups in total. The number of carboxylic acid groups (broad SMARTS) is 1. The Kier molecular flexibility index (Phi) is 3.22. The highest BCUT2D eigenvalue weighted by atomic mass is 16.4. The van der Waals surface area contributed by atoms with Crippen LogP contribution in [0.3, 0.4) is 0 Å². The van der Waals surface area contributed by atoms with Gasteiger partial charge in [0.2, 0.25) is 0 Å². The van der Waals surface area contributed by atoms with Gasteiger partial charge in [0.1, 0.15) is 0 Å². The van der Waals surface area contributed by atoms with Crippen molar-refractivity contribution in [1.82, 2.24) is 0 Å². The van der Waals surface area contributed by atoms with Gasteiger partial charge >= 0.3 is 5.97 Å². The number of hydrogen-bond acceptors (Lipinski definition) is 3. The van der Waals surface area contributed by atoms with Crippen LogP contribution < -0.4 is 10.6 Å². The summed E-state index contributed by atoms with van der Waals surface area (Å²) >= 11 is 0. The monoisotopic (exact) mass is 234 g/mol. The van der Waals surface area contributed by atoms with Crippen LogP contribution in [0.2, 0.25) is 0 Å². The van der Waals surface area contributed by atoms with Gasteiger partial charge in [-0.3, -0.25) is 0 Å². The molecule has 1 aromatic carbocycles. The van der Waals surface area contributed by atoms with E-state index in [1.165, 1.54) is 25.7 Å². The quantitative estimate of drug-likeness (QED) is 0.788. The maximum absolute atomic E-state index is 11.0. The molecule has 4 nitrogen and oxygen atoms in total. The smallest absolute Gasteiger partial charge is 0.337 e. The molecular weight excluding hydrogens is 216 g/mol. The summed E-state index contributed by atoms with van der Waals surface area (Å²) < 4.78 is 0. The van der Waals surface area contributed by atoms with E-state index in [2.05, 4.69) is 4.90 Å². The standard InChI is InChI=1S/C13H18N2O2/c1-15(9-4-2-3-5-9)10-6-7-12(14)11(8-10)13(16)17/h6-9H,2-5,14H2,1H3,(H,16,17). The number of nitrogens with two attached hydrogens (primary N) is 1. The van der Waals surface area contributed by atoms with Crippen LogP contribution in [0.1, 0.15) is 36.0 Å². The van der Waals surface area contributed by atoms with E-state index in [0.29, 0.717) is 11.7 Å². The topological polar surface area (TPSA) is 66.6 Å². The SMILES string of the molecule is CN(c1ccc(N)c(C(=O)O)c1)C1CCCC1. The first-order chi connectivity index (χ1) is 8.09. The van der Waals surface area contributed by atoms with Crippen molar-refractivity contribution in [3.8, 4) is 0 Å². The zero-order valence-electron chi connectivity index (χ0n) is 10.0. The molecule has 1 fully saturated rings. The van der Waals surface area contributed by atoms with Gasteiger partial charge in [-0.15, -0.1) is 0 Å². The van der Waals surface area contributed by atoms with E-state index in [0.717, 1.165) is 5.69 Å². The van der Waals surface area contributed by atoms with Crippen molar-refractivity contribution in [2.45, 2.75) is 31.7 Å². The van der Waals surface area contributed by atoms with E-state index in [-0.39, 0.29) is 5.56 Å². The normalized spacial score (nSPS) is 16.1. The molecule has 1 saturated carbocycles. The molecule has 17 heavy (non-hydrogen) atoms. The van der Waals surface area contributed by atoms with Crippen LogP contribution >= 0.6 is 0 Å². The fourth-order valence-corrected chi connectivity index (χ4v) is 2.45. The summed E-state index contributed by atoms with van der Waals surface area (Å²) in [6, 6.07) is 5.75. The molecule has 1 aromatic rings. The van der Waals surface area contributed by atoms with Crippen LogP contribution in [-0.4, -0.2) is 24.2 Å². The number of hydrogen-bond donors (Lipinski definition) is 2. The lowest BCUT2D eigenvalue weighted by Gasteiger charge is -2.27. The fraction of sp³-hybridized carbons (Fsp3) is 0.462. The predicted octanol–water partition coefficient (Wildman–Crippen LogP) is 2.35. The molecule has 0 radical (unpaired) electrons. The third-order valence-electron chi connectivity index (χ3n) is 3.55. The Morgan fingerprint density at radius 1 is 1.41 bits per heavy atom. The lowest BCUT2D eigenvalue weighted by molar-refractivity contribution is 0.0698. The third-order valence-corrected chi connectivity index (χ3v) is 3.55. The number of aromatic carboxylic acids is 1. The molecule has 1 aliphatic rings. The van der Waals surface area contributed by atoms with Gasteiger partial charge in [0.25, 0.3) is 0 Å². The number of anilines is 2. The van der Waals surface area contributed by atoms with E-state index in [4.69, 9.17) is 10.8 Å². The molecule has 0 saturated heterocycles. The zero-order chi connectivity index (χ0) is 12.4. The van der Waals surface area contributed by atoms with Gasteiger partial charge < -0.3 is 15.7 Å². The number of nitrogen functional groups attached to an aromatic ring is 1. The van der Waals surface area contributed by atoms with Crippen LogP contribution in [0.15, 0.2) is 18.2 Å². The molecule has 0 unspecified atom stereocenters. The largest absolute Gasteiger partial charge is 0.478 e. The molecule has 0 aromatic heterocycles. The minimum absolute atomic E-state index is 0.187. The Hall–Kier alpha value is -1.71. The number of rotatable bonds is 3. The van der Waals surface area contributed by atoms with Gasteiger partial charge in [-0.25, -0.2) is 4.79 Å². The van der Waals surface area contributed by atoms with Gasteiger partial charge in [-0.2, -0.15) is 0 Å². The lowest BCUT2D eigenvalue weighted by atomic mass is 10.1. The third kappa shape index (κ3) is 2.35. The average Bonchev–Trinajstić information content (AvgIpc) is 2.81. The van der Waals surface area contributed by atoms with Crippen molar-refractivity contribution in [3.63, 3.8) is 0 Å². The first-order valence-electron chi connectivity index (χ1n) is 5.95. The second-order valence-corrected chi connectivity index (χ2v) is 4.63. The highest BCUT2D eigenvalue weighted by Crippen LogP contribution is 2.28. The molecule has 0 amide bonds. The number of benzene rings is 1. The van der Waals surface area contributed by atoms with E-state index < -0.39 is 5.97 Å². The Labute approximate surface area is 101 Å². The van der Waals surface area contributed by atoms with Crippen LogP contribution in [0.25, 0.3) is 0 Å². The molecule has 2 rings (SSSR count). The summed E-state index contributed by atoms with van der Waals surface area (Å²) in [5, 5.41) is 9.04. The van der Waals surface area contributed by atoms with E-state index in [9.17, 15) is 4.79 Å². The second kappa shape index (κ2) is 4.65. The molecule has 0 atom stereocenters. The average molecular weight is 234 g/mol. The summed E-state index contributed by atoms with van der Waals surface area (Å²) in [6.07, 6.45) is 4.89. The molecule has 92 valence electrons. The van der Waals surface area contributed by atoms with Crippen molar-refractivity contribution in [3.05, 3.63) is 23.8 Å². The van der Waals surface area contributed by atoms with Crippen molar-refractivity contribution in [2.75, 3.05) is 17.7 Å². The number of nitrogens with zero attached hydrogens (tertiary/aromatic N) is 1. The first kappa shape index (κ1) is 11.8. The molecule has 4 heteroatoms. The fourth-order valence-electron chi connectivity index (χ4n) is 2.45. The van der Waals surface area contributed by atoms with Gasteiger partial charge in [0.05, 0.1) is 5.56 Å². The zero-order valence-corrected chi connectivity index (χ0v) is 10.0. The Balaban J connectivity index is 2.26. The summed E-state index contributed by atoms with van der Waals surface area (Å²) in [4.78, 5) is 13.2. The first-order valence-corrected chi connectivity index (χ1v) is 5.95. The van der Waals surface area contributed by atoms with Crippen molar-refractivity contribution in [1.29, 1.82) is 0 Å². The van der Waals surface area contributed by atoms with Crippen molar-refractivity contribution < 1.29 is 9.90 Å². The minimum Gasteiger partial charge on any atom is -0.478 e. The molecule has 0 aliphatic heterocycles. The Morgan fingerprint density at radius 2 is 2.06 bits per heavy atom.